The highest BCUT2D eigenvalue weighted by atomic mass is 16.6. The number of hydrogen-bond donors (Lipinski definition) is 3. The van der Waals surface area contributed by atoms with Gasteiger partial charge in [-0.3, -0.25) is 10.2 Å². The third kappa shape index (κ3) is 3.25. The summed E-state index contributed by atoms with van der Waals surface area (Å²) in [4.78, 5) is 24.0. The highest BCUT2D eigenvalue weighted by Gasteiger charge is 2.57. The summed E-state index contributed by atoms with van der Waals surface area (Å²) < 4.78 is 5.21. The molecule has 0 spiro atoms. The SMILES string of the molecule is CC(C)(C)OC(=O)NNC(C)(C(=O)O)C1C2CC3CC(C2)CC1C3. The minimum Gasteiger partial charge on any atom is -0.480 e. The van der Waals surface area contributed by atoms with Gasteiger partial charge in [-0.05, 0) is 89.4 Å². The molecule has 4 saturated carbocycles. The Morgan fingerprint density at radius 2 is 1.46 bits per heavy atom. The number of rotatable bonds is 4. The molecule has 0 radical (unpaired) electrons. The Bertz CT molecular complexity index is 500. The third-order valence-electron chi connectivity index (χ3n) is 6.16. The molecule has 1 amide bonds. The van der Waals surface area contributed by atoms with Gasteiger partial charge in [-0.25, -0.2) is 10.2 Å². The van der Waals surface area contributed by atoms with Crippen LogP contribution in [0.4, 0.5) is 4.79 Å². The van der Waals surface area contributed by atoms with Gasteiger partial charge in [0.15, 0.2) is 0 Å². The number of ether oxygens (including phenoxy) is 1. The van der Waals surface area contributed by atoms with Crippen molar-refractivity contribution >= 4 is 12.1 Å². The lowest BCUT2D eigenvalue weighted by Gasteiger charge is -2.58. The van der Waals surface area contributed by atoms with Gasteiger partial charge in [0.1, 0.15) is 11.1 Å². The molecule has 4 fully saturated rings. The number of carbonyl (C=O) groups is 2. The van der Waals surface area contributed by atoms with Crippen LogP contribution in [0, 0.1) is 29.6 Å². The first-order chi connectivity index (χ1) is 11.1. The number of carboxylic acids is 1. The van der Waals surface area contributed by atoms with E-state index in [0.29, 0.717) is 11.8 Å². The average Bonchev–Trinajstić information content (AvgIpc) is 2.41. The second-order valence-corrected chi connectivity index (χ2v) is 9.22. The summed E-state index contributed by atoms with van der Waals surface area (Å²) in [6, 6.07) is 0. The van der Waals surface area contributed by atoms with Crippen LogP contribution in [-0.2, 0) is 9.53 Å². The molecule has 4 bridgehead atoms. The summed E-state index contributed by atoms with van der Waals surface area (Å²) in [7, 11) is 0. The number of aliphatic carboxylic acids is 1. The maximum absolute atomic E-state index is 12.1. The van der Waals surface area contributed by atoms with Crippen molar-refractivity contribution in [2.75, 3.05) is 0 Å². The fraction of sp³-hybridized carbons (Fsp3) is 0.889. The van der Waals surface area contributed by atoms with Crippen LogP contribution in [-0.4, -0.2) is 28.3 Å². The predicted molar refractivity (Wildman–Crippen MR) is 89.1 cm³/mol. The molecule has 3 N–H and O–H groups in total. The molecule has 6 nitrogen and oxygen atoms in total. The van der Waals surface area contributed by atoms with Crippen molar-refractivity contribution in [3.05, 3.63) is 0 Å². The number of hydrazine groups is 1. The molecule has 1 unspecified atom stereocenters. The normalized spacial score (nSPS) is 36.9. The van der Waals surface area contributed by atoms with Crippen molar-refractivity contribution in [2.45, 2.75) is 70.9 Å². The molecule has 0 heterocycles. The largest absolute Gasteiger partial charge is 0.480 e. The Labute approximate surface area is 143 Å². The van der Waals surface area contributed by atoms with Gasteiger partial charge in [0.05, 0.1) is 0 Å². The van der Waals surface area contributed by atoms with Gasteiger partial charge in [-0.1, -0.05) is 0 Å². The molecule has 0 aromatic rings. The zero-order valence-corrected chi connectivity index (χ0v) is 15.1. The first-order valence-electron chi connectivity index (χ1n) is 9.08. The molecule has 4 aliphatic carbocycles. The summed E-state index contributed by atoms with van der Waals surface area (Å²) in [5.74, 6) is 1.58. The molecule has 4 aliphatic rings. The lowest BCUT2D eigenvalue weighted by atomic mass is 9.48. The van der Waals surface area contributed by atoms with Crippen LogP contribution in [0.1, 0.15) is 59.8 Å². The molecular formula is C18H30N2O4. The first-order valence-corrected chi connectivity index (χ1v) is 9.08. The van der Waals surface area contributed by atoms with Crippen LogP contribution < -0.4 is 10.9 Å². The molecule has 136 valence electrons. The van der Waals surface area contributed by atoms with Gasteiger partial charge in [0, 0.05) is 0 Å². The molecule has 0 saturated heterocycles. The van der Waals surface area contributed by atoms with E-state index in [-0.39, 0.29) is 5.92 Å². The van der Waals surface area contributed by atoms with Crippen LogP contribution in [0.5, 0.6) is 0 Å². The zero-order valence-electron chi connectivity index (χ0n) is 15.1. The molecule has 0 aromatic carbocycles. The average molecular weight is 338 g/mol. The number of amides is 1. The number of hydrogen-bond acceptors (Lipinski definition) is 4. The Hall–Kier alpha value is -1.30. The molecule has 0 aliphatic heterocycles. The zero-order chi connectivity index (χ0) is 17.7. The minimum absolute atomic E-state index is 0.0535. The van der Waals surface area contributed by atoms with Crippen molar-refractivity contribution in [1.82, 2.24) is 10.9 Å². The summed E-state index contributed by atoms with van der Waals surface area (Å²) in [6.07, 6.45) is 5.22. The van der Waals surface area contributed by atoms with E-state index in [9.17, 15) is 14.7 Å². The highest BCUT2D eigenvalue weighted by Crippen LogP contribution is 2.59. The van der Waals surface area contributed by atoms with Crippen molar-refractivity contribution in [3.63, 3.8) is 0 Å². The second kappa shape index (κ2) is 5.90. The van der Waals surface area contributed by atoms with Crippen LogP contribution >= 0.6 is 0 Å². The van der Waals surface area contributed by atoms with Crippen molar-refractivity contribution in [2.24, 2.45) is 29.6 Å². The molecule has 6 heteroatoms. The van der Waals surface area contributed by atoms with E-state index in [2.05, 4.69) is 10.9 Å². The Balaban J connectivity index is 1.72. The molecule has 4 rings (SSSR count). The number of nitrogens with one attached hydrogen (secondary N) is 2. The Morgan fingerprint density at radius 1 is 0.958 bits per heavy atom. The molecule has 0 aromatic heterocycles. The monoisotopic (exact) mass is 338 g/mol. The van der Waals surface area contributed by atoms with Gasteiger partial charge < -0.3 is 9.84 Å². The summed E-state index contributed by atoms with van der Waals surface area (Å²) in [5, 5.41) is 9.91. The second-order valence-electron chi connectivity index (χ2n) is 9.22. The van der Waals surface area contributed by atoms with Gasteiger partial charge in [0.2, 0.25) is 0 Å². The Morgan fingerprint density at radius 3 is 1.88 bits per heavy atom. The van der Waals surface area contributed by atoms with Crippen LogP contribution in [0.2, 0.25) is 0 Å². The van der Waals surface area contributed by atoms with E-state index in [0.717, 1.165) is 37.5 Å². The lowest BCUT2D eigenvalue weighted by molar-refractivity contribution is -0.157. The van der Waals surface area contributed by atoms with Crippen molar-refractivity contribution in [1.29, 1.82) is 0 Å². The van der Waals surface area contributed by atoms with Crippen molar-refractivity contribution < 1.29 is 19.4 Å². The highest BCUT2D eigenvalue weighted by molar-refractivity contribution is 5.79. The van der Waals surface area contributed by atoms with Crippen molar-refractivity contribution in [3.8, 4) is 0 Å². The van der Waals surface area contributed by atoms with Gasteiger partial charge in [-0.15, -0.1) is 0 Å². The summed E-state index contributed by atoms with van der Waals surface area (Å²) >= 11 is 0. The van der Waals surface area contributed by atoms with Crippen LogP contribution in [0.15, 0.2) is 0 Å². The molecule has 24 heavy (non-hydrogen) atoms. The van der Waals surface area contributed by atoms with Gasteiger partial charge in [-0.2, -0.15) is 0 Å². The number of carbonyl (C=O) groups excluding carboxylic acids is 1. The van der Waals surface area contributed by atoms with E-state index < -0.39 is 23.2 Å². The molecule has 1 atom stereocenters. The molecular weight excluding hydrogens is 308 g/mol. The maximum Gasteiger partial charge on any atom is 0.422 e. The van der Waals surface area contributed by atoms with Crippen LogP contribution in [0.25, 0.3) is 0 Å². The minimum atomic E-state index is -1.17. The quantitative estimate of drug-likeness (QED) is 0.686. The fourth-order valence-corrected chi connectivity index (χ4v) is 5.63. The fourth-order valence-electron chi connectivity index (χ4n) is 5.63. The topological polar surface area (TPSA) is 87.7 Å². The third-order valence-corrected chi connectivity index (χ3v) is 6.16. The lowest BCUT2D eigenvalue weighted by Crippen LogP contribution is -2.67. The van der Waals surface area contributed by atoms with Gasteiger partial charge in [0.25, 0.3) is 0 Å². The summed E-state index contributed by atoms with van der Waals surface area (Å²) in [6.45, 7) is 7.04. The maximum atomic E-state index is 12.1. The van der Waals surface area contributed by atoms with E-state index in [4.69, 9.17) is 4.74 Å². The van der Waals surface area contributed by atoms with E-state index in [1.54, 1.807) is 27.7 Å². The Kier molecular flexibility index (Phi) is 4.31. The van der Waals surface area contributed by atoms with E-state index in [1.807, 2.05) is 0 Å². The van der Waals surface area contributed by atoms with Gasteiger partial charge >= 0.3 is 12.1 Å². The van der Waals surface area contributed by atoms with E-state index in [1.165, 1.54) is 6.42 Å². The van der Waals surface area contributed by atoms with E-state index >= 15 is 0 Å². The first kappa shape index (κ1) is 17.5. The smallest absolute Gasteiger partial charge is 0.422 e. The number of carboxylic acid groups (broad SMARTS) is 1. The summed E-state index contributed by atoms with van der Waals surface area (Å²) in [5.41, 5.74) is 3.52. The van der Waals surface area contributed by atoms with Crippen LogP contribution in [0.3, 0.4) is 0 Å². The standard InChI is InChI=1S/C18H30N2O4/c1-17(2,3)24-16(23)19-20-18(4,15(21)22)14-12-6-10-5-11(8-12)9-13(14)7-10/h10-14,20H,5-9H2,1-4H3,(H,19,23)(H,21,22). The predicted octanol–water partition coefficient (Wildman–Crippen LogP) is 2.93.